The van der Waals surface area contributed by atoms with Crippen molar-refractivity contribution in [2.45, 2.75) is 51.1 Å². The normalized spacial score (nSPS) is 22.4. The van der Waals surface area contributed by atoms with Gasteiger partial charge in [-0.25, -0.2) is 9.59 Å². The van der Waals surface area contributed by atoms with E-state index < -0.39 is 12.2 Å². The Hall–Kier alpha value is -0.740. The van der Waals surface area contributed by atoms with Gasteiger partial charge in [-0.05, 0) is 69.9 Å². The Morgan fingerprint density at radius 1 is 0.517 bits per heavy atom. The SMILES string of the molecule is CCOCC1CN(C(=S)SSC(=S)N2CCCOC(COCC)C2)CCCO1.CN(C)C(=O)OCC1CN(C(=S)SSC(=S)N2CCOC(COC(=O)N(C)C)C2)CCO1. The van der Waals surface area contributed by atoms with Crippen molar-refractivity contribution in [1.29, 1.82) is 0 Å². The quantitative estimate of drug-likeness (QED) is 0.217. The topological polar surface area (TPSA) is 127 Å². The Labute approximate surface area is 393 Å². The average Bonchev–Trinajstić information content (AvgIpc) is 3.65. The van der Waals surface area contributed by atoms with E-state index >= 15 is 0 Å². The summed E-state index contributed by atoms with van der Waals surface area (Å²) in [5, 5.41) is 0. The number of carbonyl (C=O) groups is 2. The second kappa shape index (κ2) is 30.4. The summed E-state index contributed by atoms with van der Waals surface area (Å²) in [6, 6.07) is 0. The van der Waals surface area contributed by atoms with E-state index in [0.717, 1.165) is 60.9 Å². The lowest BCUT2D eigenvalue weighted by molar-refractivity contribution is -0.0396. The van der Waals surface area contributed by atoms with Crippen LogP contribution in [0.25, 0.3) is 0 Å². The lowest BCUT2D eigenvalue weighted by atomic mass is 10.3. The van der Waals surface area contributed by atoms with E-state index in [9.17, 15) is 9.59 Å². The molecule has 344 valence electrons. The number of morpholine rings is 2. The van der Waals surface area contributed by atoms with E-state index in [2.05, 4.69) is 9.80 Å². The van der Waals surface area contributed by atoms with Gasteiger partial charge >= 0.3 is 12.2 Å². The number of amides is 2. The molecule has 0 saturated carbocycles. The van der Waals surface area contributed by atoms with Gasteiger partial charge in [0.05, 0.1) is 38.6 Å². The first-order chi connectivity index (χ1) is 28.8. The van der Waals surface area contributed by atoms with Gasteiger partial charge in [0.15, 0.2) is 0 Å². The van der Waals surface area contributed by atoms with Crippen LogP contribution in [0, 0.1) is 0 Å². The first kappa shape index (κ1) is 53.6. The largest absolute Gasteiger partial charge is 0.447 e. The molecule has 4 saturated heterocycles. The minimum Gasteiger partial charge on any atom is -0.447 e. The Morgan fingerprint density at radius 3 is 1.13 bits per heavy atom. The number of hydrogen-bond acceptors (Lipinski definition) is 18. The molecule has 0 aliphatic carbocycles. The molecule has 4 fully saturated rings. The van der Waals surface area contributed by atoms with Crippen molar-refractivity contribution in [1.82, 2.24) is 29.4 Å². The van der Waals surface area contributed by atoms with Gasteiger partial charge in [0, 0.05) is 107 Å². The molecule has 0 aromatic rings. The fraction of sp³-hybridized carbons (Fsp3) is 0.833. The monoisotopic (exact) mass is 994 g/mol. The smallest absolute Gasteiger partial charge is 0.409 e. The van der Waals surface area contributed by atoms with Gasteiger partial charge < -0.3 is 67.3 Å². The molecule has 16 nitrogen and oxygen atoms in total. The lowest BCUT2D eigenvalue weighted by Gasteiger charge is -2.35. The Morgan fingerprint density at radius 2 is 0.817 bits per heavy atom. The second-order valence-corrected chi connectivity index (χ2v) is 20.9. The summed E-state index contributed by atoms with van der Waals surface area (Å²) in [6.07, 6.45) is 0.830. The molecule has 0 aromatic heterocycles. The molecule has 60 heavy (non-hydrogen) atoms. The summed E-state index contributed by atoms with van der Waals surface area (Å²) in [5.41, 5.74) is 0. The van der Waals surface area contributed by atoms with Gasteiger partial charge in [-0.1, -0.05) is 48.9 Å². The van der Waals surface area contributed by atoms with Crippen LogP contribution in [0.1, 0.15) is 26.7 Å². The van der Waals surface area contributed by atoms with Crippen molar-refractivity contribution in [2.24, 2.45) is 0 Å². The third kappa shape index (κ3) is 20.8. The summed E-state index contributed by atoms with van der Waals surface area (Å²) in [7, 11) is 12.5. The van der Waals surface area contributed by atoms with Gasteiger partial charge in [0.1, 0.15) is 42.7 Å². The summed E-state index contributed by atoms with van der Waals surface area (Å²) < 4.78 is 47.7. The van der Waals surface area contributed by atoms with Crippen molar-refractivity contribution in [3.8, 4) is 0 Å². The molecule has 0 aromatic carbocycles. The van der Waals surface area contributed by atoms with Crippen LogP contribution >= 0.6 is 92.0 Å². The third-order valence-electron chi connectivity index (χ3n) is 8.91. The zero-order valence-electron chi connectivity index (χ0n) is 35.5. The minimum atomic E-state index is -0.399. The zero-order valence-corrected chi connectivity index (χ0v) is 42.0. The molecule has 2 amide bonds. The summed E-state index contributed by atoms with van der Waals surface area (Å²) in [6.45, 7) is 15.3. The predicted molar refractivity (Wildman–Crippen MR) is 258 cm³/mol. The van der Waals surface area contributed by atoms with Gasteiger partial charge in [0.2, 0.25) is 0 Å². The van der Waals surface area contributed by atoms with Crippen molar-refractivity contribution in [2.75, 3.05) is 147 Å². The molecule has 24 heteroatoms. The molecule has 4 unspecified atom stereocenters. The molecule has 0 radical (unpaired) electrons. The number of thiocarbonyl (C=S) groups is 4. The fourth-order valence-electron chi connectivity index (χ4n) is 5.73. The molecule has 4 heterocycles. The van der Waals surface area contributed by atoms with Crippen molar-refractivity contribution in [3.63, 3.8) is 0 Å². The molecule has 0 spiro atoms. The zero-order chi connectivity index (χ0) is 43.9. The number of nitrogens with zero attached hydrogens (tertiary/aromatic N) is 6. The first-order valence-corrected chi connectivity index (χ1v) is 25.9. The van der Waals surface area contributed by atoms with Crippen LogP contribution in [0.4, 0.5) is 9.59 Å². The number of ether oxygens (including phenoxy) is 8. The van der Waals surface area contributed by atoms with Crippen LogP contribution < -0.4 is 0 Å². The van der Waals surface area contributed by atoms with E-state index in [0.29, 0.717) is 74.5 Å². The van der Waals surface area contributed by atoms with E-state index in [4.69, 9.17) is 86.8 Å². The molecule has 0 bridgehead atoms. The number of carbonyl (C=O) groups excluding carboxylic acids is 2. The van der Waals surface area contributed by atoms with E-state index in [-0.39, 0.29) is 37.6 Å². The summed E-state index contributed by atoms with van der Waals surface area (Å²) in [5.74, 6) is 0. The molecule has 0 N–H and O–H groups in total. The lowest BCUT2D eigenvalue weighted by Crippen LogP contribution is -2.47. The predicted octanol–water partition coefficient (Wildman–Crippen LogP) is 4.93. The van der Waals surface area contributed by atoms with Crippen LogP contribution in [0.3, 0.4) is 0 Å². The van der Waals surface area contributed by atoms with E-state index in [1.807, 2.05) is 23.6 Å². The maximum Gasteiger partial charge on any atom is 0.409 e. The van der Waals surface area contributed by atoms with Crippen LogP contribution in [-0.4, -0.2) is 230 Å². The highest BCUT2D eigenvalue weighted by Gasteiger charge is 2.28. The van der Waals surface area contributed by atoms with Gasteiger partial charge in [0.25, 0.3) is 0 Å². The maximum atomic E-state index is 11.6. The Bertz CT molecular complexity index is 1270. The highest BCUT2D eigenvalue weighted by Crippen LogP contribution is 2.31. The highest BCUT2D eigenvalue weighted by molar-refractivity contribution is 8.90. The van der Waals surface area contributed by atoms with E-state index in [1.165, 1.54) is 31.4 Å². The van der Waals surface area contributed by atoms with Crippen LogP contribution in [0.15, 0.2) is 0 Å². The van der Waals surface area contributed by atoms with Crippen molar-refractivity contribution >= 4 is 122 Å². The highest BCUT2D eigenvalue weighted by atomic mass is 33.1. The minimum absolute atomic E-state index is 0.0695. The Kier molecular flexibility index (Phi) is 27.2. The van der Waals surface area contributed by atoms with Gasteiger partial charge in [-0.15, -0.1) is 0 Å². The van der Waals surface area contributed by atoms with Crippen molar-refractivity contribution < 1.29 is 47.5 Å². The van der Waals surface area contributed by atoms with Crippen molar-refractivity contribution in [3.05, 3.63) is 0 Å². The van der Waals surface area contributed by atoms with Gasteiger partial charge in [-0.3, -0.25) is 0 Å². The molecule has 4 rings (SSSR count). The summed E-state index contributed by atoms with van der Waals surface area (Å²) in [4.78, 5) is 34.5. The summed E-state index contributed by atoms with van der Waals surface area (Å²) >= 11 is 22.5. The molecular formula is C36H62N6O10S8. The number of rotatable bonds is 10. The Balaban J connectivity index is 0.000000323. The van der Waals surface area contributed by atoms with E-state index in [1.54, 1.807) is 49.8 Å². The fourth-order valence-corrected chi connectivity index (χ4v) is 11.1. The standard InChI is InChI=1S/C18H30N4O6S4.C18H32N2O4S4/c1-19(2)15(23)27-11-13-9-21(5-7-25-13)17(29)31-32-18(30)22-6-8-26-14(10-22)12-28-16(24)20(3)4;1-3-21-13-15-11-19(7-5-9-23-15)17(25)27-28-18(26)20-8-6-10-24-16(12-20)14-22-4-2/h13-14H,5-12H2,1-4H3;15-16H,3-14H2,1-2H3. The van der Waals surface area contributed by atoms with Crippen LogP contribution in [0.5, 0.6) is 0 Å². The first-order valence-electron chi connectivity index (χ1n) is 20.0. The van der Waals surface area contributed by atoms with Crippen LogP contribution in [0.2, 0.25) is 0 Å². The van der Waals surface area contributed by atoms with Crippen LogP contribution in [-0.2, 0) is 37.9 Å². The third-order valence-corrected chi connectivity index (χ3v) is 16.4. The maximum absolute atomic E-state index is 11.6. The molecule has 4 aliphatic heterocycles. The molecule has 4 atom stereocenters. The second-order valence-electron chi connectivity index (χ2n) is 14.1. The number of hydrogen-bond donors (Lipinski definition) is 0. The van der Waals surface area contributed by atoms with Gasteiger partial charge in [-0.2, -0.15) is 0 Å². The average molecular weight is 995 g/mol. The molecular weight excluding hydrogens is 933 g/mol. The molecule has 4 aliphatic rings.